The van der Waals surface area contributed by atoms with E-state index in [1.165, 1.54) is 14.7 Å². The topological polar surface area (TPSA) is 252 Å². The number of rotatable bonds is 15. The number of pyridine rings is 1. The normalized spacial score (nSPS) is 17.6. The summed E-state index contributed by atoms with van der Waals surface area (Å²) in [6, 6.07) is 0.725. The summed E-state index contributed by atoms with van der Waals surface area (Å²) in [5.74, 6) is -8.10. The standard InChI is InChI=1S/C26H36N4O12/c31-21(32)7-4-18(24(37)38)28-10-12-29(19(25(39)40)5-8-22(33)34)14-16-2-1-3-17(27-16)15-30(13-11-28)20(26(41)42)6-9-23(35)36/h1-3,18-20H,4-15H2,(H,31,32)(H,33,34)(H,35,36)(H,37,38)(H,39,40)(H,41,42)/p-2. The van der Waals surface area contributed by atoms with E-state index in [1.54, 1.807) is 18.2 Å². The Kier molecular flexibility index (Phi) is 13.2. The fourth-order valence-electron chi connectivity index (χ4n) is 4.89. The van der Waals surface area contributed by atoms with Crippen LogP contribution in [0.5, 0.6) is 0 Å². The van der Waals surface area contributed by atoms with Gasteiger partial charge >= 0.3 is 23.9 Å². The van der Waals surface area contributed by atoms with Gasteiger partial charge in [0.2, 0.25) is 0 Å². The Bertz CT molecular complexity index is 1080. The molecule has 16 heteroatoms. The highest BCUT2D eigenvalue weighted by Crippen LogP contribution is 2.18. The third-order valence-electron chi connectivity index (χ3n) is 6.99. The van der Waals surface area contributed by atoms with Crippen molar-refractivity contribution in [3.63, 3.8) is 0 Å². The molecule has 4 N–H and O–H groups in total. The van der Waals surface area contributed by atoms with Gasteiger partial charge in [-0.3, -0.25) is 38.9 Å². The lowest BCUT2D eigenvalue weighted by molar-refractivity contribution is -0.314. The zero-order valence-corrected chi connectivity index (χ0v) is 22.8. The Morgan fingerprint density at radius 1 is 0.643 bits per heavy atom. The van der Waals surface area contributed by atoms with Crippen LogP contribution in [0.3, 0.4) is 0 Å². The van der Waals surface area contributed by atoms with Gasteiger partial charge in [-0.1, -0.05) is 6.07 Å². The van der Waals surface area contributed by atoms with Crippen molar-refractivity contribution in [2.45, 2.75) is 69.7 Å². The molecule has 0 saturated carbocycles. The Hall–Kier alpha value is -4.15. The molecular formula is C26H34N4O12-2. The number of aliphatic carboxylic acids is 6. The molecule has 232 valence electrons. The van der Waals surface area contributed by atoms with Crippen LogP contribution in [0.2, 0.25) is 0 Å². The third kappa shape index (κ3) is 11.0. The van der Waals surface area contributed by atoms with Crippen molar-refractivity contribution in [3.8, 4) is 0 Å². The van der Waals surface area contributed by atoms with Crippen molar-refractivity contribution < 1.29 is 59.4 Å². The van der Waals surface area contributed by atoms with Crippen LogP contribution in [0.15, 0.2) is 18.2 Å². The van der Waals surface area contributed by atoms with Crippen molar-refractivity contribution in [1.29, 1.82) is 0 Å². The van der Waals surface area contributed by atoms with Crippen LogP contribution in [0.1, 0.15) is 49.9 Å². The minimum Gasteiger partial charge on any atom is -0.548 e. The molecule has 1 aliphatic heterocycles. The summed E-state index contributed by atoms with van der Waals surface area (Å²) in [6.07, 6.45) is -2.36. The van der Waals surface area contributed by atoms with E-state index in [-0.39, 0.29) is 58.5 Å². The quantitative estimate of drug-likeness (QED) is 0.161. The molecule has 0 spiro atoms. The van der Waals surface area contributed by atoms with Gasteiger partial charge in [0, 0.05) is 64.6 Å². The van der Waals surface area contributed by atoms with Crippen LogP contribution >= 0.6 is 0 Å². The maximum atomic E-state index is 12.2. The number of carbonyl (C=O) groups is 6. The van der Waals surface area contributed by atoms with Gasteiger partial charge in [0.05, 0.1) is 29.4 Å². The van der Waals surface area contributed by atoms with Crippen molar-refractivity contribution in [2.75, 3.05) is 26.2 Å². The Balaban J connectivity index is 2.55. The van der Waals surface area contributed by atoms with Crippen LogP contribution in [0, 0.1) is 0 Å². The molecule has 0 aromatic carbocycles. The highest BCUT2D eigenvalue weighted by molar-refractivity contribution is 5.75. The molecule has 2 rings (SSSR count). The number of nitrogens with zero attached hydrogens (tertiary/aromatic N) is 4. The molecule has 1 aromatic rings. The fraction of sp³-hybridized carbons (Fsp3) is 0.577. The van der Waals surface area contributed by atoms with E-state index >= 15 is 0 Å². The largest absolute Gasteiger partial charge is 0.548 e. The summed E-state index contributed by atoms with van der Waals surface area (Å²) in [5, 5.41) is 61.4. The smallest absolute Gasteiger partial charge is 0.320 e. The van der Waals surface area contributed by atoms with Gasteiger partial charge in [0.15, 0.2) is 0 Å². The lowest BCUT2D eigenvalue weighted by Crippen LogP contribution is -2.55. The number of fused-ring (bicyclic) bond motifs is 2. The number of hydrogen-bond donors (Lipinski definition) is 4. The summed E-state index contributed by atoms with van der Waals surface area (Å²) < 4.78 is 0. The third-order valence-corrected chi connectivity index (χ3v) is 6.99. The van der Waals surface area contributed by atoms with E-state index in [9.17, 15) is 44.1 Å². The Morgan fingerprint density at radius 3 is 1.38 bits per heavy atom. The first-order valence-electron chi connectivity index (χ1n) is 13.2. The summed E-state index contributed by atoms with van der Waals surface area (Å²) in [4.78, 5) is 78.6. The van der Waals surface area contributed by atoms with Gasteiger partial charge < -0.3 is 40.2 Å². The monoisotopic (exact) mass is 594 g/mol. The van der Waals surface area contributed by atoms with E-state index in [1.807, 2.05) is 0 Å². The van der Waals surface area contributed by atoms with Gasteiger partial charge in [-0.2, -0.15) is 0 Å². The van der Waals surface area contributed by atoms with Gasteiger partial charge in [-0.15, -0.1) is 0 Å². The van der Waals surface area contributed by atoms with E-state index in [0.717, 1.165) is 0 Å². The maximum Gasteiger partial charge on any atom is 0.320 e. The SMILES string of the molecule is O=C(O)CCC(C(=O)[O-])N1CCN(C(CCC(=O)O)C(=O)[O-])Cc2cccc(n2)CN(C(CCC(=O)O)C(=O)O)CC1. The van der Waals surface area contributed by atoms with Crippen molar-refractivity contribution in [3.05, 3.63) is 29.6 Å². The van der Waals surface area contributed by atoms with Crippen molar-refractivity contribution in [1.82, 2.24) is 19.7 Å². The number of carbonyl (C=O) groups excluding carboxylic acids is 2. The molecule has 2 bridgehead atoms. The van der Waals surface area contributed by atoms with Crippen LogP contribution in [-0.4, -0.2) is 120 Å². The lowest BCUT2D eigenvalue weighted by Gasteiger charge is -2.39. The van der Waals surface area contributed by atoms with Crippen LogP contribution in [-0.2, 0) is 41.9 Å². The van der Waals surface area contributed by atoms with Crippen LogP contribution < -0.4 is 10.2 Å². The number of aromatic nitrogens is 1. The summed E-state index contributed by atoms with van der Waals surface area (Å²) in [7, 11) is 0. The highest BCUT2D eigenvalue weighted by atomic mass is 16.4. The second-order valence-corrected chi connectivity index (χ2v) is 9.92. The van der Waals surface area contributed by atoms with E-state index in [2.05, 4.69) is 4.98 Å². The molecule has 0 saturated heterocycles. The molecular weight excluding hydrogens is 560 g/mol. The van der Waals surface area contributed by atoms with Crippen LogP contribution in [0.25, 0.3) is 0 Å². The second kappa shape index (κ2) is 16.3. The Labute approximate surface area is 240 Å². The van der Waals surface area contributed by atoms with E-state index < -0.39 is 73.2 Å². The average Bonchev–Trinajstić information content (AvgIpc) is 2.87. The molecule has 0 radical (unpaired) electrons. The number of hydrogen-bond acceptors (Lipinski definition) is 12. The first-order chi connectivity index (χ1) is 19.8. The molecule has 16 nitrogen and oxygen atoms in total. The predicted octanol–water partition coefficient (Wildman–Crippen LogP) is -2.71. The molecule has 3 unspecified atom stereocenters. The van der Waals surface area contributed by atoms with Crippen LogP contribution in [0.4, 0.5) is 0 Å². The predicted molar refractivity (Wildman–Crippen MR) is 136 cm³/mol. The zero-order valence-electron chi connectivity index (χ0n) is 22.8. The minimum atomic E-state index is -1.59. The van der Waals surface area contributed by atoms with Gasteiger partial charge in [-0.25, -0.2) is 0 Å². The number of carboxylic acids is 6. The average molecular weight is 595 g/mol. The molecule has 1 aliphatic rings. The molecule has 2 heterocycles. The zero-order chi connectivity index (χ0) is 31.4. The summed E-state index contributed by atoms with van der Waals surface area (Å²) in [6.45, 7) is -0.674. The molecule has 0 fully saturated rings. The first kappa shape index (κ1) is 34.1. The van der Waals surface area contributed by atoms with E-state index in [0.29, 0.717) is 11.4 Å². The van der Waals surface area contributed by atoms with Gasteiger partial charge in [0.25, 0.3) is 0 Å². The molecule has 0 amide bonds. The van der Waals surface area contributed by atoms with E-state index in [4.69, 9.17) is 15.3 Å². The number of carboxylic acid groups (broad SMARTS) is 6. The Morgan fingerprint density at radius 2 is 1.00 bits per heavy atom. The highest BCUT2D eigenvalue weighted by Gasteiger charge is 2.30. The lowest BCUT2D eigenvalue weighted by atomic mass is 10.1. The van der Waals surface area contributed by atoms with Crippen molar-refractivity contribution >= 4 is 35.8 Å². The van der Waals surface area contributed by atoms with Crippen molar-refractivity contribution in [2.24, 2.45) is 0 Å². The summed E-state index contributed by atoms with van der Waals surface area (Å²) in [5.41, 5.74) is 0.736. The maximum absolute atomic E-state index is 12.2. The first-order valence-corrected chi connectivity index (χ1v) is 13.2. The molecule has 1 aromatic heterocycles. The molecule has 3 atom stereocenters. The second-order valence-electron chi connectivity index (χ2n) is 9.92. The summed E-state index contributed by atoms with van der Waals surface area (Å²) >= 11 is 0. The van der Waals surface area contributed by atoms with Gasteiger partial charge in [-0.05, 0) is 31.4 Å². The molecule has 0 aliphatic carbocycles. The fourth-order valence-corrected chi connectivity index (χ4v) is 4.89. The van der Waals surface area contributed by atoms with Gasteiger partial charge in [0.1, 0.15) is 6.04 Å². The molecule has 42 heavy (non-hydrogen) atoms. The minimum absolute atomic E-state index is 0.0771.